The second kappa shape index (κ2) is 3.45. The van der Waals surface area contributed by atoms with Crippen LogP contribution < -0.4 is 5.73 Å². The molecule has 1 atom stereocenters. The number of nitrogens with two attached hydrogens (primary N) is 1. The molecule has 0 aliphatic heterocycles. The predicted molar refractivity (Wildman–Crippen MR) is 37.5 cm³/mol. The molecule has 0 unspecified atom stereocenters. The van der Waals surface area contributed by atoms with Crippen LogP contribution in [0.2, 0.25) is 0 Å². The molecule has 0 aliphatic carbocycles. The molecule has 0 saturated carbocycles. The lowest BCUT2D eigenvalue weighted by Gasteiger charge is -2.16. The lowest BCUT2D eigenvalue weighted by Crippen LogP contribution is -2.33. The maximum atomic E-state index is 7.03. The van der Waals surface area contributed by atoms with E-state index in [0.717, 1.165) is 0 Å². The van der Waals surface area contributed by atoms with E-state index in [1.165, 1.54) is 0 Å². The van der Waals surface area contributed by atoms with Gasteiger partial charge in [-0.25, -0.2) is 0 Å². The SMILES string of the molecule is CO[C@H](C(=N)N)C(C)C. The van der Waals surface area contributed by atoms with Gasteiger partial charge in [0, 0.05) is 7.11 Å². The second-order valence-corrected chi connectivity index (χ2v) is 2.36. The van der Waals surface area contributed by atoms with E-state index >= 15 is 0 Å². The van der Waals surface area contributed by atoms with E-state index in [2.05, 4.69) is 0 Å². The average molecular weight is 130 g/mol. The summed E-state index contributed by atoms with van der Waals surface area (Å²) in [7, 11) is 1.56. The monoisotopic (exact) mass is 130 g/mol. The first kappa shape index (κ1) is 8.43. The lowest BCUT2D eigenvalue weighted by atomic mass is 10.1. The Hall–Kier alpha value is -0.570. The van der Waals surface area contributed by atoms with E-state index < -0.39 is 0 Å². The molecule has 3 N–H and O–H groups in total. The topological polar surface area (TPSA) is 59.1 Å². The molecule has 54 valence electrons. The molecule has 0 bridgehead atoms. The number of hydrogen-bond acceptors (Lipinski definition) is 2. The quantitative estimate of drug-likeness (QED) is 0.434. The highest BCUT2D eigenvalue weighted by Gasteiger charge is 2.14. The Morgan fingerprint density at radius 1 is 1.56 bits per heavy atom. The third-order valence-corrected chi connectivity index (χ3v) is 1.17. The van der Waals surface area contributed by atoms with Crippen molar-refractivity contribution < 1.29 is 4.74 Å². The summed E-state index contributed by atoms with van der Waals surface area (Å²) in [6, 6.07) is 0. The Morgan fingerprint density at radius 3 is 2.00 bits per heavy atom. The van der Waals surface area contributed by atoms with Gasteiger partial charge in [0.25, 0.3) is 0 Å². The van der Waals surface area contributed by atoms with Crippen molar-refractivity contribution in [3.63, 3.8) is 0 Å². The predicted octanol–water partition coefficient (Wildman–Crippen LogP) is 0.593. The number of hydrogen-bond donors (Lipinski definition) is 2. The minimum absolute atomic E-state index is 0.104. The van der Waals surface area contributed by atoms with Crippen molar-refractivity contribution >= 4 is 5.84 Å². The van der Waals surface area contributed by atoms with Crippen LogP contribution in [-0.4, -0.2) is 19.0 Å². The van der Waals surface area contributed by atoms with Crippen LogP contribution in [-0.2, 0) is 4.74 Å². The highest BCUT2D eigenvalue weighted by atomic mass is 16.5. The van der Waals surface area contributed by atoms with Gasteiger partial charge in [-0.15, -0.1) is 0 Å². The van der Waals surface area contributed by atoms with Gasteiger partial charge >= 0.3 is 0 Å². The number of methoxy groups -OCH3 is 1. The summed E-state index contributed by atoms with van der Waals surface area (Å²) in [5, 5.41) is 7.03. The largest absolute Gasteiger partial charge is 0.385 e. The Labute approximate surface area is 55.7 Å². The van der Waals surface area contributed by atoms with Gasteiger partial charge in [0.15, 0.2) is 0 Å². The normalized spacial score (nSPS) is 13.8. The molecule has 0 radical (unpaired) electrons. The Kier molecular flexibility index (Phi) is 3.24. The van der Waals surface area contributed by atoms with E-state index in [-0.39, 0.29) is 17.9 Å². The van der Waals surface area contributed by atoms with Gasteiger partial charge < -0.3 is 10.5 Å². The first-order valence-corrected chi connectivity index (χ1v) is 2.96. The Morgan fingerprint density at radius 2 is 2.00 bits per heavy atom. The fourth-order valence-electron chi connectivity index (χ4n) is 0.758. The number of nitrogens with one attached hydrogen (secondary N) is 1. The molecular formula is C6H14N2O. The standard InChI is InChI=1S/C6H14N2O/c1-4(2)5(9-3)6(7)8/h4-5H,1-3H3,(H3,7,8)/t5-/m0/s1. The summed E-state index contributed by atoms with van der Waals surface area (Å²) in [4.78, 5) is 0. The van der Waals surface area contributed by atoms with Crippen LogP contribution in [0, 0.1) is 11.3 Å². The van der Waals surface area contributed by atoms with Crippen LogP contribution in [0.3, 0.4) is 0 Å². The number of rotatable bonds is 3. The second-order valence-electron chi connectivity index (χ2n) is 2.36. The Bertz CT molecular complexity index is 101. The summed E-state index contributed by atoms with van der Waals surface area (Å²) in [5.41, 5.74) is 5.21. The zero-order valence-electron chi connectivity index (χ0n) is 6.14. The van der Waals surface area contributed by atoms with E-state index in [0.29, 0.717) is 0 Å². The molecule has 3 nitrogen and oxygen atoms in total. The average Bonchev–Trinajstić information content (AvgIpc) is 1.64. The van der Waals surface area contributed by atoms with Crippen molar-refractivity contribution in [2.24, 2.45) is 11.7 Å². The minimum atomic E-state index is -0.218. The van der Waals surface area contributed by atoms with Crippen molar-refractivity contribution in [3.8, 4) is 0 Å². The molecule has 0 aromatic heterocycles. The maximum absolute atomic E-state index is 7.03. The molecule has 0 saturated heterocycles. The van der Waals surface area contributed by atoms with Gasteiger partial charge in [-0.3, -0.25) is 5.41 Å². The van der Waals surface area contributed by atoms with E-state index in [1.54, 1.807) is 7.11 Å². The minimum Gasteiger partial charge on any atom is -0.385 e. The molecule has 0 rings (SSSR count). The molecule has 0 aromatic rings. The summed E-state index contributed by atoms with van der Waals surface area (Å²) < 4.78 is 4.92. The molecule has 0 fully saturated rings. The fourth-order valence-corrected chi connectivity index (χ4v) is 0.758. The number of ether oxygens (including phenoxy) is 1. The van der Waals surface area contributed by atoms with Crippen LogP contribution in [0.15, 0.2) is 0 Å². The van der Waals surface area contributed by atoms with Crippen LogP contribution in [0.5, 0.6) is 0 Å². The molecule has 0 amide bonds. The summed E-state index contributed by atoms with van der Waals surface area (Å²) in [5.74, 6) is 0.389. The van der Waals surface area contributed by atoms with Gasteiger partial charge in [0.1, 0.15) is 11.9 Å². The fraction of sp³-hybridized carbons (Fsp3) is 0.833. The van der Waals surface area contributed by atoms with Crippen LogP contribution in [0.1, 0.15) is 13.8 Å². The van der Waals surface area contributed by atoms with Gasteiger partial charge in [-0.2, -0.15) is 0 Å². The highest BCUT2D eigenvalue weighted by Crippen LogP contribution is 2.03. The maximum Gasteiger partial charge on any atom is 0.121 e. The highest BCUT2D eigenvalue weighted by molar-refractivity contribution is 5.81. The van der Waals surface area contributed by atoms with Crippen LogP contribution >= 0.6 is 0 Å². The molecule has 9 heavy (non-hydrogen) atoms. The van der Waals surface area contributed by atoms with Crippen molar-refractivity contribution in [1.29, 1.82) is 5.41 Å². The molecule has 3 heteroatoms. The van der Waals surface area contributed by atoms with Gasteiger partial charge in [-0.05, 0) is 5.92 Å². The zero-order valence-corrected chi connectivity index (χ0v) is 6.14. The first-order chi connectivity index (χ1) is 4.09. The summed E-state index contributed by atoms with van der Waals surface area (Å²) in [6.07, 6.45) is -0.218. The summed E-state index contributed by atoms with van der Waals surface area (Å²) >= 11 is 0. The van der Waals surface area contributed by atoms with E-state index in [1.807, 2.05) is 13.8 Å². The van der Waals surface area contributed by atoms with Crippen molar-refractivity contribution in [1.82, 2.24) is 0 Å². The molecule has 0 aliphatic rings. The Balaban J connectivity index is 3.83. The zero-order chi connectivity index (χ0) is 7.44. The first-order valence-electron chi connectivity index (χ1n) is 2.96. The molecular weight excluding hydrogens is 116 g/mol. The molecule has 0 heterocycles. The van der Waals surface area contributed by atoms with Crippen LogP contribution in [0.4, 0.5) is 0 Å². The smallest absolute Gasteiger partial charge is 0.121 e. The van der Waals surface area contributed by atoms with Gasteiger partial charge in [-0.1, -0.05) is 13.8 Å². The van der Waals surface area contributed by atoms with Crippen molar-refractivity contribution in [2.45, 2.75) is 20.0 Å². The number of amidine groups is 1. The van der Waals surface area contributed by atoms with Gasteiger partial charge in [0.05, 0.1) is 0 Å². The summed E-state index contributed by atoms with van der Waals surface area (Å²) in [6.45, 7) is 3.94. The van der Waals surface area contributed by atoms with E-state index in [9.17, 15) is 0 Å². The van der Waals surface area contributed by atoms with E-state index in [4.69, 9.17) is 15.9 Å². The van der Waals surface area contributed by atoms with Crippen molar-refractivity contribution in [3.05, 3.63) is 0 Å². The molecule has 0 spiro atoms. The third-order valence-electron chi connectivity index (χ3n) is 1.17. The lowest BCUT2D eigenvalue weighted by molar-refractivity contribution is 0.117. The van der Waals surface area contributed by atoms with Crippen molar-refractivity contribution in [2.75, 3.05) is 7.11 Å². The third kappa shape index (κ3) is 2.46. The van der Waals surface area contributed by atoms with Crippen LogP contribution in [0.25, 0.3) is 0 Å². The van der Waals surface area contributed by atoms with Gasteiger partial charge in [0.2, 0.25) is 0 Å². The molecule has 0 aromatic carbocycles.